The first-order valence-electron chi connectivity index (χ1n) is 5.39. The van der Waals surface area contributed by atoms with Gasteiger partial charge in [-0.15, -0.1) is 10.2 Å². The fourth-order valence-corrected chi connectivity index (χ4v) is 2.03. The molecule has 0 saturated heterocycles. The van der Waals surface area contributed by atoms with E-state index in [0.29, 0.717) is 15.7 Å². The van der Waals surface area contributed by atoms with Crippen LogP contribution in [0.1, 0.15) is 11.7 Å². The van der Waals surface area contributed by atoms with Crippen molar-refractivity contribution >= 4 is 34.1 Å². The number of aliphatic hydroxyl groups is 1. The van der Waals surface area contributed by atoms with E-state index in [9.17, 15) is 9.90 Å². The predicted molar refractivity (Wildman–Crippen MR) is 73.3 cm³/mol. The van der Waals surface area contributed by atoms with Gasteiger partial charge in [0.15, 0.2) is 0 Å². The summed E-state index contributed by atoms with van der Waals surface area (Å²) in [6.45, 7) is 0.0744. The Kier molecular flexibility index (Phi) is 4.67. The summed E-state index contributed by atoms with van der Waals surface area (Å²) in [6, 6.07) is 6.39. The van der Waals surface area contributed by atoms with Crippen molar-refractivity contribution in [2.24, 2.45) is 0 Å². The lowest BCUT2D eigenvalue weighted by Crippen LogP contribution is -2.32. The van der Waals surface area contributed by atoms with Gasteiger partial charge in [-0.3, -0.25) is 5.32 Å². The molecule has 0 saturated carbocycles. The molecule has 100 valence electrons. The van der Waals surface area contributed by atoms with E-state index in [1.165, 1.54) is 16.8 Å². The first kappa shape index (κ1) is 13.7. The zero-order valence-electron chi connectivity index (χ0n) is 9.71. The van der Waals surface area contributed by atoms with Gasteiger partial charge in [-0.05, 0) is 17.7 Å². The topological polar surface area (TPSA) is 87.1 Å². The van der Waals surface area contributed by atoms with E-state index in [4.69, 9.17) is 11.6 Å². The summed E-state index contributed by atoms with van der Waals surface area (Å²) < 4.78 is 0. The standard InChI is InChI=1S/C11H11ClN4O2S/c12-8-3-1-2-7(4-8)9(17)5-13-10(18)15-11-16-14-6-19-11/h1-4,6,9,17H,5H2,(H2,13,15,16,18). The maximum atomic E-state index is 11.5. The minimum Gasteiger partial charge on any atom is -0.387 e. The van der Waals surface area contributed by atoms with Crippen molar-refractivity contribution in [3.8, 4) is 0 Å². The highest BCUT2D eigenvalue weighted by Crippen LogP contribution is 2.17. The third kappa shape index (κ3) is 4.16. The van der Waals surface area contributed by atoms with Gasteiger partial charge in [0.25, 0.3) is 0 Å². The number of aromatic nitrogens is 2. The van der Waals surface area contributed by atoms with Crippen molar-refractivity contribution in [1.82, 2.24) is 15.5 Å². The van der Waals surface area contributed by atoms with Crippen LogP contribution in [0.5, 0.6) is 0 Å². The maximum absolute atomic E-state index is 11.5. The molecule has 1 aromatic heterocycles. The highest BCUT2D eigenvalue weighted by Gasteiger charge is 2.10. The van der Waals surface area contributed by atoms with E-state index in [1.54, 1.807) is 24.3 Å². The Morgan fingerprint density at radius 3 is 3.05 bits per heavy atom. The Labute approximate surface area is 118 Å². The summed E-state index contributed by atoms with van der Waals surface area (Å²) in [5.41, 5.74) is 2.15. The number of benzene rings is 1. The van der Waals surface area contributed by atoms with Crippen molar-refractivity contribution < 1.29 is 9.90 Å². The Morgan fingerprint density at radius 2 is 2.37 bits per heavy atom. The zero-order chi connectivity index (χ0) is 13.7. The van der Waals surface area contributed by atoms with Crippen LogP contribution in [-0.2, 0) is 0 Å². The number of nitrogens with zero attached hydrogens (tertiary/aromatic N) is 2. The monoisotopic (exact) mass is 298 g/mol. The molecular weight excluding hydrogens is 288 g/mol. The summed E-state index contributed by atoms with van der Waals surface area (Å²) in [6.07, 6.45) is -0.820. The SMILES string of the molecule is O=C(NCC(O)c1cccc(Cl)c1)Nc1nncs1. The summed E-state index contributed by atoms with van der Waals surface area (Å²) in [5, 5.41) is 23.1. The Hall–Kier alpha value is -1.70. The fraction of sp³-hybridized carbons (Fsp3) is 0.182. The highest BCUT2D eigenvalue weighted by molar-refractivity contribution is 7.13. The molecule has 0 bridgehead atoms. The molecule has 1 heterocycles. The van der Waals surface area contributed by atoms with Gasteiger partial charge in [0, 0.05) is 11.6 Å². The molecule has 1 unspecified atom stereocenters. The molecule has 0 fully saturated rings. The van der Waals surface area contributed by atoms with Crippen molar-refractivity contribution in [3.05, 3.63) is 40.4 Å². The van der Waals surface area contributed by atoms with Gasteiger partial charge >= 0.3 is 6.03 Å². The van der Waals surface area contributed by atoms with Crippen molar-refractivity contribution in [1.29, 1.82) is 0 Å². The van der Waals surface area contributed by atoms with Crippen LogP contribution in [0, 0.1) is 0 Å². The van der Waals surface area contributed by atoms with Crippen molar-refractivity contribution in [2.75, 3.05) is 11.9 Å². The summed E-state index contributed by atoms with van der Waals surface area (Å²) in [4.78, 5) is 11.5. The summed E-state index contributed by atoms with van der Waals surface area (Å²) >= 11 is 7.03. The van der Waals surface area contributed by atoms with E-state index >= 15 is 0 Å². The smallest absolute Gasteiger partial charge is 0.321 e. The predicted octanol–water partition coefficient (Wildman–Crippen LogP) is 2.05. The lowest BCUT2D eigenvalue weighted by atomic mass is 10.1. The number of halogens is 1. The van der Waals surface area contributed by atoms with Crippen LogP contribution in [-0.4, -0.2) is 27.9 Å². The molecule has 0 aliphatic heterocycles. The minimum absolute atomic E-state index is 0.0744. The number of urea groups is 1. The van der Waals surface area contributed by atoms with Gasteiger partial charge in [0.2, 0.25) is 5.13 Å². The molecule has 1 atom stereocenters. The van der Waals surface area contributed by atoms with Crippen LogP contribution in [0.15, 0.2) is 29.8 Å². The molecule has 3 N–H and O–H groups in total. The van der Waals surface area contributed by atoms with Gasteiger partial charge in [0.1, 0.15) is 5.51 Å². The van der Waals surface area contributed by atoms with Crippen LogP contribution in [0.2, 0.25) is 5.02 Å². The molecule has 8 heteroatoms. The number of hydrogen-bond donors (Lipinski definition) is 3. The van der Waals surface area contributed by atoms with Gasteiger partial charge in [-0.1, -0.05) is 35.1 Å². The number of amides is 2. The fourth-order valence-electron chi connectivity index (χ4n) is 1.39. The third-order valence-corrected chi connectivity index (χ3v) is 3.11. The molecule has 0 aliphatic rings. The van der Waals surface area contributed by atoms with Crippen LogP contribution < -0.4 is 10.6 Å². The molecular formula is C11H11ClN4O2S. The third-order valence-electron chi connectivity index (χ3n) is 2.27. The largest absolute Gasteiger partial charge is 0.387 e. The molecule has 2 rings (SSSR count). The van der Waals surface area contributed by atoms with E-state index < -0.39 is 12.1 Å². The van der Waals surface area contributed by atoms with Crippen LogP contribution in [0.25, 0.3) is 0 Å². The molecule has 2 aromatic rings. The molecule has 0 spiro atoms. The number of aliphatic hydroxyl groups excluding tert-OH is 1. The zero-order valence-corrected chi connectivity index (χ0v) is 11.3. The first-order chi connectivity index (χ1) is 9.15. The second-order valence-corrected chi connectivity index (χ2v) is 4.92. The van der Waals surface area contributed by atoms with E-state index in [1.807, 2.05) is 0 Å². The van der Waals surface area contributed by atoms with Gasteiger partial charge in [-0.25, -0.2) is 4.79 Å². The number of rotatable bonds is 4. The number of anilines is 1. The number of carbonyl (C=O) groups is 1. The second kappa shape index (κ2) is 6.46. The molecule has 0 aliphatic carbocycles. The summed E-state index contributed by atoms with van der Waals surface area (Å²) in [7, 11) is 0. The van der Waals surface area contributed by atoms with Crippen molar-refractivity contribution in [2.45, 2.75) is 6.10 Å². The Bertz CT molecular complexity index is 549. The second-order valence-electron chi connectivity index (χ2n) is 3.65. The number of nitrogens with one attached hydrogen (secondary N) is 2. The Morgan fingerprint density at radius 1 is 1.53 bits per heavy atom. The van der Waals surface area contributed by atoms with Crippen molar-refractivity contribution in [3.63, 3.8) is 0 Å². The number of carbonyl (C=O) groups excluding carboxylic acids is 1. The minimum atomic E-state index is -0.820. The molecule has 6 nitrogen and oxygen atoms in total. The van der Waals surface area contributed by atoms with Crippen LogP contribution >= 0.6 is 22.9 Å². The average Bonchev–Trinajstić information content (AvgIpc) is 2.88. The van der Waals surface area contributed by atoms with E-state index in [0.717, 1.165) is 0 Å². The molecule has 1 aromatic carbocycles. The maximum Gasteiger partial charge on any atom is 0.321 e. The van der Waals surface area contributed by atoms with E-state index in [-0.39, 0.29) is 6.54 Å². The normalized spacial score (nSPS) is 11.9. The number of hydrogen-bond acceptors (Lipinski definition) is 5. The lowest BCUT2D eigenvalue weighted by molar-refractivity contribution is 0.175. The quantitative estimate of drug-likeness (QED) is 0.806. The van der Waals surface area contributed by atoms with Crippen LogP contribution in [0.4, 0.5) is 9.93 Å². The first-order valence-corrected chi connectivity index (χ1v) is 6.65. The lowest BCUT2D eigenvalue weighted by Gasteiger charge is -2.12. The van der Waals surface area contributed by atoms with E-state index in [2.05, 4.69) is 20.8 Å². The highest BCUT2D eigenvalue weighted by atomic mass is 35.5. The van der Waals surface area contributed by atoms with Crippen LogP contribution in [0.3, 0.4) is 0 Å². The van der Waals surface area contributed by atoms with Gasteiger partial charge in [-0.2, -0.15) is 0 Å². The molecule has 0 radical (unpaired) electrons. The Balaban J connectivity index is 1.83. The molecule has 19 heavy (non-hydrogen) atoms. The average molecular weight is 299 g/mol. The van der Waals surface area contributed by atoms with Gasteiger partial charge in [0.05, 0.1) is 6.10 Å². The molecule has 2 amide bonds. The summed E-state index contributed by atoms with van der Waals surface area (Å²) in [5.74, 6) is 0. The van der Waals surface area contributed by atoms with Gasteiger partial charge < -0.3 is 10.4 Å².